The Kier molecular flexibility index (Phi) is 2.91. The normalized spacial score (nSPS) is 12.6. The molecule has 3 rings (SSSR count). The molecule has 0 aliphatic carbocycles. The maximum atomic E-state index is 12.2. The Morgan fingerprint density at radius 1 is 1.10 bits per heavy atom. The number of nitrogens with one attached hydrogen (secondary N) is 2. The zero-order valence-electron chi connectivity index (χ0n) is 10.5. The predicted octanol–water partition coefficient (Wildman–Crippen LogP) is 3.36. The molecular weight excluding hydrogens is 280 g/mol. The summed E-state index contributed by atoms with van der Waals surface area (Å²) in [5.41, 5.74) is 2.15. The first kappa shape index (κ1) is 12.6. The number of aromatic hydroxyl groups is 1. The van der Waals surface area contributed by atoms with E-state index >= 15 is 0 Å². The number of phenolic OH excluding ortho intramolecular Hbond substituents is 1. The fourth-order valence-electron chi connectivity index (χ4n) is 2.09. The molecule has 0 fully saturated rings. The van der Waals surface area contributed by atoms with Gasteiger partial charge in [0.05, 0.1) is 29.7 Å². The zero-order valence-corrected chi connectivity index (χ0v) is 11.3. The fourth-order valence-corrected chi connectivity index (χ4v) is 2.26. The number of halogens is 1. The van der Waals surface area contributed by atoms with E-state index < -0.39 is 0 Å². The summed E-state index contributed by atoms with van der Waals surface area (Å²) in [6.07, 6.45) is 0. The highest BCUT2D eigenvalue weighted by Gasteiger charge is 2.21. The van der Waals surface area contributed by atoms with Gasteiger partial charge in [-0.2, -0.15) is 0 Å². The smallest absolute Gasteiger partial charge is 0.257 e. The largest absolute Gasteiger partial charge is 0.504 e. The fraction of sp³-hybridized carbons (Fsp3) is 0.0714. The van der Waals surface area contributed by atoms with Crippen LogP contribution in [0.2, 0.25) is 5.02 Å². The molecule has 1 heterocycles. The molecule has 0 radical (unpaired) electrons. The second-order valence-electron chi connectivity index (χ2n) is 4.34. The second-order valence-corrected chi connectivity index (χ2v) is 4.78. The van der Waals surface area contributed by atoms with Gasteiger partial charge >= 0.3 is 0 Å². The van der Waals surface area contributed by atoms with E-state index in [-0.39, 0.29) is 17.4 Å². The van der Waals surface area contributed by atoms with Crippen molar-refractivity contribution in [2.45, 2.75) is 0 Å². The Morgan fingerprint density at radius 2 is 1.85 bits per heavy atom. The van der Waals surface area contributed by atoms with Crippen LogP contribution < -0.4 is 15.4 Å². The highest BCUT2D eigenvalue weighted by Crippen LogP contribution is 2.40. The van der Waals surface area contributed by atoms with Crippen molar-refractivity contribution < 1.29 is 14.6 Å². The van der Waals surface area contributed by atoms with Gasteiger partial charge in [-0.25, -0.2) is 0 Å². The molecule has 0 atom stereocenters. The lowest BCUT2D eigenvalue weighted by Gasteiger charge is -2.11. The average molecular weight is 291 g/mol. The van der Waals surface area contributed by atoms with E-state index in [1.54, 1.807) is 24.3 Å². The van der Waals surface area contributed by atoms with Crippen LogP contribution in [0.25, 0.3) is 0 Å². The summed E-state index contributed by atoms with van der Waals surface area (Å²) >= 11 is 5.94. The maximum Gasteiger partial charge on any atom is 0.257 e. The minimum atomic E-state index is -0.254. The van der Waals surface area contributed by atoms with Crippen LogP contribution in [0.15, 0.2) is 30.3 Å². The molecule has 0 aromatic heterocycles. The molecular formula is C14H11ClN2O3. The first-order valence-electron chi connectivity index (χ1n) is 5.87. The third-order valence-corrected chi connectivity index (χ3v) is 3.30. The Morgan fingerprint density at radius 3 is 2.60 bits per heavy atom. The first-order valence-corrected chi connectivity index (χ1v) is 6.25. The quantitative estimate of drug-likeness (QED) is 0.704. The Balaban J connectivity index is 2.15. The number of benzene rings is 2. The molecule has 0 saturated carbocycles. The van der Waals surface area contributed by atoms with Crippen LogP contribution in [-0.2, 0) is 0 Å². The molecule has 2 aromatic carbocycles. The van der Waals surface area contributed by atoms with Crippen LogP contribution >= 0.6 is 11.6 Å². The molecule has 6 heteroatoms. The van der Waals surface area contributed by atoms with E-state index in [4.69, 9.17) is 16.3 Å². The van der Waals surface area contributed by atoms with Gasteiger partial charge < -0.3 is 20.5 Å². The van der Waals surface area contributed by atoms with Gasteiger partial charge in [-0.05, 0) is 18.2 Å². The standard InChI is InChI=1S/C14H11ClN2O3/c1-20-13-6-11-10(5-12(13)18)16-9-4-7(15)2-3-8(9)14(19)17-11/h2-6,16,18H,1H3,(H,17,19). The molecule has 3 N–H and O–H groups in total. The van der Waals surface area contributed by atoms with Crippen molar-refractivity contribution in [1.82, 2.24) is 0 Å². The molecule has 5 nitrogen and oxygen atoms in total. The predicted molar refractivity (Wildman–Crippen MR) is 77.3 cm³/mol. The van der Waals surface area contributed by atoms with E-state index in [0.29, 0.717) is 27.6 Å². The lowest BCUT2D eigenvalue weighted by molar-refractivity contribution is 0.102. The van der Waals surface area contributed by atoms with Gasteiger partial charge in [0, 0.05) is 17.2 Å². The lowest BCUT2D eigenvalue weighted by atomic mass is 10.1. The molecule has 20 heavy (non-hydrogen) atoms. The molecule has 1 aliphatic heterocycles. The number of ether oxygens (including phenoxy) is 1. The van der Waals surface area contributed by atoms with E-state index in [1.807, 2.05) is 0 Å². The number of methoxy groups -OCH3 is 1. The molecule has 1 amide bonds. The van der Waals surface area contributed by atoms with Gasteiger partial charge in [0.2, 0.25) is 0 Å². The monoisotopic (exact) mass is 290 g/mol. The van der Waals surface area contributed by atoms with Crippen molar-refractivity contribution in [3.8, 4) is 11.5 Å². The first-order chi connectivity index (χ1) is 9.58. The summed E-state index contributed by atoms with van der Waals surface area (Å²) in [4.78, 5) is 12.2. The molecule has 0 spiro atoms. The maximum absolute atomic E-state index is 12.2. The second kappa shape index (κ2) is 4.61. The highest BCUT2D eigenvalue weighted by molar-refractivity contribution is 6.31. The topological polar surface area (TPSA) is 70.6 Å². The molecule has 102 valence electrons. The van der Waals surface area contributed by atoms with Gasteiger partial charge in [-0.3, -0.25) is 4.79 Å². The van der Waals surface area contributed by atoms with Crippen LogP contribution in [0.3, 0.4) is 0 Å². The van der Waals surface area contributed by atoms with E-state index in [2.05, 4.69) is 10.6 Å². The number of rotatable bonds is 1. The van der Waals surface area contributed by atoms with Crippen LogP contribution in [0, 0.1) is 0 Å². The molecule has 0 saturated heterocycles. The number of fused-ring (bicyclic) bond motifs is 2. The van der Waals surface area contributed by atoms with Crippen molar-refractivity contribution in [3.05, 3.63) is 40.9 Å². The zero-order chi connectivity index (χ0) is 14.3. The van der Waals surface area contributed by atoms with Crippen LogP contribution in [0.5, 0.6) is 11.5 Å². The summed E-state index contributed by atoms with van der Waals surface area (Å²) in [6, 6.07) is 8.00. The number of anilines is 3. The summed E-state index contributed by atoms with van der Waals surface area (Å²) < 4.78 is 5.03. The minimum absolute atomic E-state index is 0.0153. The third-order valence-electron chi connectivity index (χ3n) is 3.06. The summed E-state index contributed by atoms with van der Waals surface area (Å²) in [7, 11) is 1.45. The third kappa shape index (κ3) is 2.02. The van der Waals surface area contributed by atoms with E-state index in [0.717, 1.165) is 0 Å². The van der Waals surface area contributed by atoms with Gasteiger partial charge in [-0.15, -0.1) is 0 Å². The van der Waals surface area contributed by atoms with Crippen molar-refractivity contribution >= 4 is 34.6 Å². The molecule has 0 bridgehead atoms. The Bertz CT molecular complexity index is 716. The van der Waals surface area contributed by atoms with E-state index in [1.165, 1.54) is 13.2 Å². The van der Waals surface area contributed by atoms with Gasteiger partial charge in [0.1, 0.15) is 0 Å². The number of hydrogen-bond donors (Lipinski definition) is 3. The summed E-state index contributed by atoms with van der Waals surface area (Å²) in [6.45, 7) is 0. The van der Waals surface area contributed by atoms with Crippen molar-refractivity contribution in [1.29, 1.82) is 0 Å². The Hall–Kier alpha value is -2.40. The Labute approximate surface area is 120 Å². The highest BCUT2D eigenvalue weighted by atomic mass is 35.5. The van der Waals surface area contributed by atoms with Crippen LogP contribution in [0.4, 0.5) is 17.1 Å². The van der Waals surface area contributed by atoms with Crippen LogP contribution in [-0.4, -0.2) is 18.1 Å². The number of hydrogen-bond acceptors (Lipinski definition) is 4. The van der Waals surface area contributed by atoms with E-state index in [9.17, 15) is 9.90 Å². The van der Waals surface area contributed by atoms with Crippen LogP contribution in [0.1, 0.15) is 10.4 Å². The number of carbonyl (C=O) groups excluding carboxylic acids is 1. The van der Waals surface area contributed by atoms with Gasteiger partial charge in [0.25, 0.3) is 5.91 Å². The molecule has 2 aromatic rings. The number of amides is 1. The average Bonchev–Trinajstić information content (AvgIpc) is 2.53. The summed E-state index contributed by atoms with van der Waals surface area (Å²) in [5.74, 6) is 0.0176. The SMILES string of the molecule is COc1cc2c(cc1O)Nc1cc(Cl)ccc1C(=O)N2. The lowest BCUT2D eigenvalue weighted by Crippen LogP contribution is -2.10. The van der Waals surface area contributed by atoms with Gasteiger partial charge in [-0.1, -0.05) is 11.6 Å². The molecule has 1 aliphatic rings. The van der Waals surface area contributed by atoms with Gasteiger partial charge in [0.15, 0.2) is 11.5 Å². The number of carbonyl (C=O) groups is 1. The van der Waals surface area contributed by atoms with Crippen molar-refractivity contribution in [2.75, 3.05) is 17.7 Å². The summed E-state index contributed by atoms with van der Waals surface area (Å²) in [5, 5.41) is 16.2. The molecule has 0 unspecified atom stereocenters. The minimum Gasteiger partial charge on any atom is -0.504 e. The van der Waals surface area contributed by atoms with Crippen molar-refractivity contribution in [2.24, 2.45) is 0 Å². The van der Waals surface area contributed by atoms with Crippen molar-refractivity contribution in [3.63, 3.8) is 0 Å². The number of phenols is 1.